The number of benzene rings is 4. The molecule has 0 saturated carbocycles. The summed E-state index contributed by atoms with van der Waals surface area (Å²) in [5, 5.41) is 41.8. The van der Waals surface area contributed by atoms with Crippen molar-refractivity contribution < 1.29 is 58.6 Å². The molecule has 5 heterocycles. The number of nitrogens with zero attached hydrogens (tertiary/aromatic N) is 4. The number of ether oxygens (including phenoxy) is 4. The minimum atomic E-state index is -1.24. The Morgan fingerprint density at radius 3 is 1.94 bits per heavy atom. The summed E-state index contributed by atoms with van der Waals surface area (Å²) in [7, 11) is 0. The first-order chi connectivity index (χ1) is 34.0. The highest BCUT2D eigenvalue weighted by atomic mass is 16.5. The predicted molar refractivity (Wildman–Crippen MR) is 262 cm³/mol. The fourth-order valence-electron chi connectivity index (χ4n) is 11.1. The van der Waals surface area contributed by atoms with E-state index in [1.807, 2.05) is 6.07 Å². The Bertz CT molecular complexity index is 2790. The number of rotatable bonds is 23. The molecule has 0 unspecified atom stereocenters. The summed E-state index contributed by atoms with van der Waals surface area (Å²) in [6, 6.07) is 14.6. The molecule has 4 aromatic carbocycles. The molecule has 70 heavy (non-hydrogen) atoms. The summed E-state index contributed by atoms with van der Waals surface area (Å²) >= 11 is 0. The van der Waals surface area contributed by atoms with E-state index >= 15 is 0 Å². The Morgan fingerprint density at radius 1 is 0.614 bits per heavy atom. The first-order valence-electron chi connectivity index (χ1n) is 24.6. The number of anilines is 3. The smallest absolute Gasteiger partial charge is 0.323 e. The monoisotopic (exact) mass is 960 g/mol. The highest BCUT2D eigenvalue weighted by Gasteiger charge is 2.37. The molecule has 0 fully saturated rings. The average Bonchev–Trinajstić information content (AvgIpc) is 3.33. The van der Waals surface area contributed by atoms with E-state index in [4.69, 9.17) is 24.7 Å². The van der Waals surface area contributed by atoms with Crippen molar-refractivity contribution in [2.75, 3.05) is 93.4 Å². The first-order valence-corrected chi connectivity index (χ1v) is 24.6. The van der Waals surface area contributed by atoms with Gasteiger partial charge in [-0.1, -0.05) is 25.0 Å². The van der Waals surface area contributed by atoms with Crippen molar-refractivity contribution in [3.63, 3.8) is 0 Å². The highest BCUT2D eigenvalue weighted by molar-refractivity contribution is 5.93. The van der Waals surface area contributed by atoms with Crippen molar-refractivity contribution in [3.05, 3.63) is 92.5 Å². The number of aryl methyl sites for hydroxylation is 2. The summed E-state index contributed by atoms with van der Waals surface area (Å²) in [5.41, 5.74) is 14.9. The summed E-state index contributed by atoms with van der Waals surface area (Å²) in [5.74, 6) is -2.40. The molecule has 5 aliphatic rings. The largest absolute Gasteiger partial charge is 0.493 e. The lowest BCUT2D eigenvalue weighted by atomic mass is 9.82. The van der Waals surface area contributed by atoms with E-state index in [1.165, 1.54) is 43.1 Å². The molecule has 0 spiro atoms. The van der Waals surface area contributed by atoms with Crippen LogP contribution in [0.5, 0.6) is 28.7 Å². The fourth-order valence-corrected chi connectivity index (χ4v) is 11.1. The molecule has 0 radical (unpaired) electrons. The van der Waals surface area contributed by atoms with E-state index in [9.17, 15) is 39.6 Å². The Labute approximate surface area is 405 Å². The molecular formula is C53H62N5O12+. The zero-order valence-corrected chi connectivity index (χ0v) is 39.5. The lowest BCUT2D eigenvalue weighted by molar-refractivity contribution is -0.138. The van der Waals surface area contributed by atoms with E-state index < -0.39 is 50.1 Å². The van der Waals surface area contributed by atoms with Gasteiger partial charge in [0.05, 0.1) is 23.5 Å². The van der Waals surface area contributed by atoms with Crippen LogP contribution >= 0.6 is 0 Å². The number of fused-ring (bicyclic) bond motifs is 4. The minimum absolute atomic E-state index is 0.105. The molecule has 4 aromatic rings. The SMILES string of the molecule is NCCCCCCOc1cc(OCCOc2ccccc2N(CC(=O)O)CC(=O)O)c(N(CC(=O)O)CC(=O)O)cc1C1=c2cc3c4c(c2Oc2c1cc1c5c2CCCN5CCC1)CCC[N+]=4CCC3. The maximum absolute atomic E-state index is 12.6. The van der Waals surface area contributed by atoms with E-state index in [0.29, 0.717) is 24.5 Å². The van der Waals surface area contributed by atoms with Gasteiger partial charge < -0.3 is 59.8 Å². The zero-order valence-electron chi connectivity index (χ0n) is 39.5. The van der Waals surface area contributed by atoms with E-state index in [0.717, 1.165) is 131 Å². The van der Waals surface area contributed by atoms with Crippen LogP contribution in [0.2, 0.25) is 0 Å². The normalized spacial score (nSPS) is 15.1. The molecule has 0 aromatic heterocycles. The third-order valence-electron chi connectivity index (χ3n) is 13.8. The topological polar surface area (TPSA) is 225 Å². The first kappa shape index (κ1) is 48.0. The van der Waals surface area contributed by atoms with Gasteiger partial charge in [0.1, 0.15) is 81.2 Å². The van der Waals surface area contributed by atoms with Crippen LogP contribution in [0, 0.1) is 0 Å². The second kappa shape index (κ2) is 21.3. The summed E-state index contributed by atoms with van der Waals surface area (Å²) in [4.78, 5) is 53.6. The Balaban J connectivity index is 1.21. The van der Waals surface area contributed by atoms with Crippen molar-refractivity contribution in [1.29, 1.82) is 0 Å². The van der Waals surface area contributed by atoms with Gasteiger partial charge in [-0.05, 0) is 93.8 Å². The van der Waals surface area contributed by atoms with Gasteiger partial charge in [-0.3, -0.25) is 19.2 Å². The van der Waals surface area contributed by atoms with Crippen LogP contribution in [-0.2, 0) is 44.9 Å². The van der Waals surface area contributed by atoms with Crippen molar-refractivity contribution in [2.45, 2.75) is 77.0 Å². The number of carboxylic acid groups (broad SMARTS) is 4. The van der Waals surface area contributed by atoms with Crippen LogP contribution in [0.4, 0.5) is 17.1 Å². The van der Waals surface area contributed by atoms with Gasteiger partial charge in [-0.25, -0.2) is 4.58 Å². The van der Waals surface area contributed by atoms with E-state index in [-0.39, 0.29) is 36.1 Å². The maximum atomic E-state index is 12.6. The van der Waals surface area contributed by atoms with Crippen molar-refractivity contribution in [1.82, 2.24) is 4.58 Å². The summed E-state index contributed by atoms with van der Waals surface area (Å²) in [6.07, 6.45) is 11.0. The Hall–Kier alpha value is -7.01. The van der Waals surface area contributed by atoms with Crippen LogP contribution in [-0.4, -0.2) is 123 Å². The van der Waals surface area contributed by atoms with Crippen LogP contribution in [0.1, 0.15) is 84.7 Å². The van der Waals surface area contributed by atoms with Crippen LogP contribution in [0.3, 0.4) is 0 Å². The zero-order chi connectivity index (χ0) is 48.9. The average molecular weight is 961 g/mol. The number of carboxylic acids is 4. The van der Waals surface area contributed by atoms with Gasteiger partial charge in [-0.2, -0.15) is 0 Å². The third-order valence-corrected chi connectivity index (χ3v) is 13.8. The molecule has 0 bridgehead atoms. The minimum Gasteiger partial charge on any atom is -0.493 e. The van der Waals surface area contributed by atoms with E-state index in [1.54, 1.807) is 30.3 Å². The van der Waals surface area contributed by atoms with Crippen LogP contribution in [0.25, 0.3) is 5.57 Å². The molecule has 5 aliphatic heterocycles. The van der Waals surface area contributed by atoms with Gasteiger partial charge >= 0.3 is 23.9 Å². The lowest BCUT2D eigenvalue weighted by Crippen LogP contribution is -2.45. The van der Waals surface area contributed by atoms with Crippen molar-refractivity contribution in [2.24, 2.45) is 5.73 Å². The maximum Gasteiger partial charge on any atom is 0.323 e. The quantitative estimate of drug-likeness (QED) is 0.0451. The molecule has 0 atom stereocenters. The second-order valence-electron chi connectivity index (χ2n) is 18.7. The third kappa shape index (κ3) is 10.2. The van der Waals surface area contributed by atoms with Gasteiger partial charge in [-0.15, -0.1) is 0 Å². The Morgan fingerprint density at radius 2 is 1.23 bits per heavy atom. The van der Waals surface area contributed by atoms with Crippen LogP contribution in [0.15, 0.2) is 48.5 Å². The summed E-state index contributed by atoms with van der Waals surface area (Å²) in [6.45, 7) is 2.21. The molecule has 9 rings (SSSR count). The Kier molecular flexibility index (Phi) is 14.6. The van der Waals surface area contributed by atoms with Crippen molar-refractivity contribution in [3.8, 4) is 28.7 Å². The van der Waals surface area contributed by atoms with Gasteiger partial charge in [0.25, 0.3) is 0 Å². The van der Waals surface area contributed by atoms with Crippen molar-refractivity contribution >= 4 is 46.5 Å². The molecule has 6 N–H and O–H groups in total. The van der Waals surface area contributed by atoms with Crippen LogP contribution < -0.4 is 54.5 Å². The number of hydrogen-bond acceptors (Lipinski definition) is 12. The summed E-state index contributed by atoms with van der Waals surface area (Å²) < 4.78 is 29.3. The van der Waals surface area contributed by atoms with Gasteiger partial charge in [0, 0.05) is 70.7 Å². The predicted octanol–water partition coefficient (Wildman–Crippen LogP) is 4.43. The van der Waals surface area contributed by atoms with Gasteiger partial charge in [0.2, 0.25) is 5.36 Å². The number of carbonyl (C=O) groups is 4. The number of hydrogen-bond donors (Lipinski definition) is 5. The number of aliphatic carboxylic acids is 4. The second-order valence-corrected chi connectivity index (χ2v) is 18.7. The molecule has 0 aliphatic carbocycles. The van der Waals surface area contributed by atoms with E-state index in [2.05, 4.69) is 21.6 Å². The molecule has 0 amide bonds. The van der Waals surface area contributed by atoms with Gasteiger partial charge in [0.15, 0.2) is 0 Å². The molecule has 17 heteroatoms. The molecule has 0 saturated heterocycles. The molecule has 17 nitrogen and oxygen atoms in total. The molecular weight excluding hydrogens is 899 g/mol. The number of para-hydroxylation sites is 2. The lowest BCUT2D eigenvalue weighted by Gasteiger charge is -2.39. The standard InChI is InChI=1S/C53H61N5O12/c54-17-5-1-2-6-22-67-43-28-44(69-24-23-68-42-16-4-3-15-40(42)57(29-45(59)60)30-46(61)62)41(58(31-47(63)64)32-48(65)66)27-37(43)49-38-25-33-11-7-18-55-20-9-13-35(50(33)55)52(38)70-53-36-14-10-21-56-19-8-12-34(51(36)56)26-39(49)53/h3-4,15-16,25-28H,1-2,5-14,17-24,29-32,54H2,(H3-,59,60,61,62,63,64,65,66)/p+1. The number of unbranched alkanes of at least 4 members (excludes halogenated alkanes) is 3. The fraction of sp³-hybridized carbons (Fsp3) is 0.453. The molecule has 370 valence electrons. The number of nitrogens with two attached hydrogens (primary N) is 1. The highest BCUT2D eigenvalue weighted by Crippen LogP contribution is 2.51.